The van der Waals surface area contributed by atoms with Crippen LogP contribution in [0.2, 0.25) is 5.02 Å². The summed E-state index contributed by atoms with van der Waals surface area (Å²) >= 11 is 8.70. The number of rotatable bonds is 6. The zero-order chi connectivity index (χ0) is 18.0. The molecule has 1 aromatic heterocycles. The summed E-state index contributed by atoms with van der Waals surface area (Å²) in [4.78, 5) is 25.8. The van der Waals surface area contributed by atoms with Crippen LogP contribution in [0.5, 0.6) is 0 Å². The fourth-order valence-electron chi connectivity index (χ4n) is 2.23. The Hall–Kier alpha value is -1.64. The van der Waals surface area contributed by atoms with Crippen molar-refractivity contribution in [2.45, 2.75) is 42.3 Å². The first-order chi connectivity index (χ1) is 12.0. The maximum absolute atomic E-state index is 12.3. The highest BCUT2D eigenvalue weighted by atomic mass is 35.5. The number of halogens is 1. The molecule has 0 saturated heterocycles. The third-order valence-electron chi connectivity index (χ3n) is 3.63. The number of thioether (sulfide) groups is 1. The Labute approximate surface area is 159 Å². The fraction of sp³-hybridized carbons (Fsp3) is 0.375. The molecule has 25 heavy (non-hydrogen) atoms. The summed E-state index contributed by atoms with van der Waals surface area (Å²) in [6.07, 6.45) is 2.00. The van der Waals surface area contributed by atoms with Gasteiger partial charge in [-0.05, 0) is 31.9 Å². The lowest BCUT2D eigenvalue weighted by Gasteiger charge is -2.15. The highest BCUT2D eigenvalue weighted by Crippen LogP contribution is 2.37. The minimum atomic E-state index is -0.372. The van der Waals surface area contributed by atoms with Crippen molar-refractivity contribution < 1.29 is 9.59 Å². The number of benzene rings is 1. The number of aromatic nitrogens is 2. The molecule has 1 heterocycles. The highest BCUT2D eigenvalue weighted by Gasteiger charge is 2.34. The molecule has 1 unspecified atom stereocenters. The van der Waals surface area contributed by atoms with Gasteiger partial charge in [0.25, 0.3) is 0 Å². The Bertz CT molecular complexity index is 794. The Morgan fingerprint density at radius 1 is 1.36 bits per heavy atom. The third-order valence-corrected chi connectivity index (χ3v) is 6.07. The molecule has 2 aromatic rings. The van der Waals surface area contributed by atoms with Gasteiger partial charge in [-0.25, -0.2) is 0 Å². The predicted octanol–water partition coefficient (Wildman–Crippen LogP) is 3.83. The Balaban J connectivity index is 1.63. The van der Waals surface area contributed by atoms with E-state index in [9.17, 15) is 9.59 Å². The van der Waals surface area contributed by atoms with Crippen molar-refractivity contribution in [3.8, 4) is 0 Å². The van der Waals surface area contributed by atoms with Gasteiger partial charge in [0.15, 0.2) is 4.34 Å². The van der Waals surface area contributed by atoms with E-state index in [4.69, 9.17) is 11.6 Å². The molecule has 6 nitrogen and oxygen atoms in total. The van der Waals surface area contributed by atoms with Gasteiger partial charge in [-0.2, -0.15) is 0 Å². The summed E-state index contributed by atoms with van der Waals surface area (Å²) < 4.78 is 0.656. The number of carbonyl (C=O) groups excluding carboxylic acids is 2. The first-order valence-corrected chi connectivity index (χ1v) is 9.88. The number of anilines is 2. The van der Waals surface area contributed by atoms with Gasteiger partial charge in [0.2, 0.25) is 16.9 Å². The van der Waals surface area contributed by atoms with E-state index in [0.29, 0.717) is 20.2 Å². The number of amides is 2. The molecular weight excluding hydrogens is 380 g/mol. The summed E-state index contributed by atoms with van der Waals surface area (Å²) in [7, 11) is 0. The van der Waals surface area contributed by atoms with E-state index in [1.165, 1.54) is 30.0 Å². The largest absolute Gasteiger partial charge is 0.324 e. The molecular formula is C16H17ClN4O2S2. The van der Waals surface area contributed by atoms with Crippen molar-refractivity contribution in [2.24, 2.45) is 0 Å². The maximum Gasteiger partial charge on any atom is 0.237 e. The smallest absolute Gasteiger partial charge is 0.237 e. The van der Waals surface area contributed by atoms with Crippen LogP contribution in [0.25, 0.3) is 0 Å². The van der Waals surface area contributed by atoms with Crippen LogP contribution < -0.4 is 10.2 Å². The van der Waals surface area contributed by atoms with Gasteiger partial charge in [-0.3, -0.25) is 14.5 Å². The van der Waals surface area contributed by atoms with E-state index in [-0.39, 0.29) is 23.1 Å². The van der Waals surface area contributed by atoms with E-state index < -0.39 is 0 Å². The molecule has 0 radical (unpaired) electrons. The molecule has 2 amide bonds. The summed E-state index contributed by atoms with van der Waals surface area (Å²) in [6, 6.07) is 7.33. The van der Waals surface area contributed by atoms with Crippen LogP contribution in [0.1, 0.15) is 26.7 Å². The standard InChI is InChI=1S/C16H17ClN4O2S2/c1-9(14(23)18-13-6-4-3-5-12(13)17)24-16-20-19-15(25-16)21(10(2)22)11-7-8-11/h3-6,9,11H,7-8H2,1-2H3,(H,18,23). The van der Waals surface area contributed by atoms with Gasteiger partial charge >= 0.3 is 0 Å². The summed E-state index contributed by atoms with van der Waals surface area (Å²) in [5.41, 5.74) is 0.580. The second-order valence-electron chi connectivity index (χ2n) is 5.70. The minimum Gasteiger partial charge on any atom is -0.324 e. The predicted molar refractivity (Wildman–Crippen MR) is 101 cm³/mol. The lowest BCUT2D eigenvalue weighted by atomic mass is 10.3. The molecule has 3 rings (SSSR count). The quantitative estimate of drug-likeness (QED) is 0.593. The van der Waals surface area contributed by atoms with Crippen LogP contribution in [0, 0.1) is 0 Å². The van der Waals surface area contributed by atoms with Crippen molar-refractivity contribution in [1.29, 1.82) is 0 Å². The van der Waals surface area contributed by atoms with Gasteiger partial charge in [0, 0.05) is 13.0 Å². The Morgan fingerprint density at radius 2 is 2.08 bits per heavy atom. The second kappa shape index (κ2) is 7.72. The molecule has 9 heteroatoms. The lowest BCUT2D eigenvalue weighted by molar-refractivity contribution is -0.117. The number of nitrogens with zero attached hydrogens (tertiary/aromatic N) is 3. The first-order valence-electron chi connectivity index (χ1n) is 7.81. The van der Waals surface area contributed by atoms with Crippen LogP contribution in [0.4, 0.5) is 10.8 Å². The van der Waals surface area contributed by atoms with Gasteiger partial charge < -0.3 is 5.32 Å². The van der Waals surface area contributed by atoms with Crippen molar-refractivity contribution >= 4 is 57.3 Å². The van der Waals surface area contributed by atoms with E-state index in [1.807, 2.05) is 6.07 Å². The monoisotopic (exact) mass is 396 g/mol. The van der Waals surface area contributed by atoms with E-state index in [0.717, 1.165) is 12.8 Å². The van der Waals surface area contributed by atoms with Crippen LogP contribution in [0.3, 0.4) is 0 Å². The van der Waals surface area contributed by atoms with Crippen molar-refractivity contribution in [3.05, 3.63) is 29.3 Å². The number of hydrogen-bond acceptors (Lipinski definition) is 6. The van der Waals surface area contributed by atoms with E-state index >= 15 is 0 Å². The summed E-state index contributed by atoms with van der Waals surface area (Å²) in [5.74, 6) is -0.194. The topological polar surface area (TPSA) is 75.2 Å². The van der Waals surface area contributed by atoms with Crippen molar-refractivity contribution in [1.82, 2.24) is 10.2 Å². The van der Waals surface area contributed by atoms with E-state index in [2.05, 4.69) is 15.5 Å². The first kappa shape index (κ1) is 18.2. The highest BCUT2D eigenvalue weighted by molar-refractivity contribution is 8.02. The molecule has 1 aliphatic rings. The third kappa shape index (κ3) is 4.50. The molecule has 1 atom stereocenters. The number of para-hydroxylation sites is 1. The molecule has 0 spiro atoms. The summed E-state index contributed by atoms with van der Waals surface area (Å²) in [6.45, 7) is 3.33. The number of nitrogens with one attached hydrogen (secondary N) is 1. The molecule has 0 bridgehead atoms. The molecule has 1 fully saturated rings. The average molecular weight is 397 g/mol. The average Bonchev–Trinajstić information content (AvgIpc) is 3.28. The molecule has 132 valence electrons. The maximum atomic E-state index is 12.3. The van der Waals surface area contributed by atoms with Gasteiger partial charge in [-0.1, -0.05) is 46.8 Å². The van der Waals surface area contributed by atoms with Gasteiger partial charge in [-0.15, -0.1) is 10.2 Å². The van der Waals surface area contributed by atoms with E-state index in [1.54, 1.807) is 30.0 Å². The van der Waals surface area contributed by atoms with Crippen LogP contribution in [0.15, 0.2) is 28.6 Å². The lowest BCUT2D eigenvalue weighted by Crippen LogP contribution is -2.30. The zero-order valence-corrected chi connectivity index (χ0v) is 16.1. The Kier molecular flexibility index (Phi) is 5.61. The molecule has 1 aliphatic carbocycles. The zero-order valence-electron chi connectivity index (χ0n) is 13.7. The molecule has 0 aliphatic heterocycles. The van der Waals surface area contributed by atoms with Crippen molar-refractivity contribution in [3.63, 3.8) is 0 Å². The van der Waals surface area contributed by atoms with Crippen LogP contribution >= 0.6 is 34.7 Å². The van der Waals surface area contributed by atoms with Gasteiger partial charge in [0.1, 0.15) is 0 Å². The number of carbonyl (C=O) groups is 2. The number of hydrogen-bond donors (Lipinski definition) is 1. The van der Waals surface area contributed by atoms with Crippen LogP contribution in [-0.4, -0.2) is 33.3 Å². The SMILES string of the molecule is CC(=O)N(c1nnc(SC(C)C(=O)Nc2ccccc2Cl)s1)C1CC1. The molecule has 1 saturated carbocycles. The normalized spacial score (nSPS) is 14.8. The second-order valence-corrected chi connectivity index (χ2v) is 8.65. The van der Waals surface area contributed by atoms with Crippen LogP contribution in [-0.2, 0) is 9.59 Å². The molecule has 1 aromatic carbocycles. The van der Waals surface area contributed by atoms with Crippen molar-refractivity contribution in [2.75, 3.05) is 10.2 Å². The minimum absolute atomic E-state index is 0.0280. The summed E-state index contributed by atoms with van der Waals surface area (Å²) in [5, 5.41) is 11.7. The van der Waals surface area contributed by atoms with Gasteiger partial charge in [0.05, 0.1) is 16.0 Å². The Morgan fingerprint density at radius 3 is 2.72 bits per heavy atom. The molecule has 1 N–H and O–H groups in total. The fourth-order valence-corrected chi connectivity index (χ4v) is 4.51.